The number of carbonyl (C=O) groups excluding carboxylic acids is 1. The highest BCUT2D eigenvalue weighted by Crippen LogP contribution is 2.38. The van der Waals surface area contributed by atoms with Gasteiger partial charge >= 0.3 is 5.97 Å². The van der Waals surface area contributed by atoms with E-state index in [2.05, 4.69) is 12.1 Å². The summed E-state index contributed by atoms with van der Waals surface area (Å²) >= 11 is 1.89. The van der Waals surface area contributed by atoms with Gasteiger partial charge in [-0.05, 0) is 75.6 Å². The molecule has 1 heterocycles. The van der Waals surface area contributed by atoms with E-state index in [9.17, 15) is 4.79 Å². The molecule has 0 fully saturated rings. The van der Waals surface area contributed by atoms with Crippen LogP contribution in [-0.4, -0.2) is 18.2 Å². The molecule has 3 nitrogen and oxygen atoms in total. The van der Waals surface area contributed by atoms with Crippen LogP contribution in [0.5, 0.6) is 5.75 Å². The van der Waals surface area contributed by atoms with Gasteiger partial charge in [-0.2, -0.15) is 0 Å². The Morgan fingerprint density at radius 3 is 2.82 bits per heavy atom. The summed E-state index contributed by atoms with van der Waals surface area (Å²) in [5.41, 5.74) is 0.505. The van der Waals surface area contributed by atoms with Crippen molar-refractivity contribution in [3.8, 4) is 5.75 Å². The minimum Gasteiger partial charge on any atom is -0.476 e. The van der Waals surface area contributed by atoms with Crippen LogP contribution in [-0.2, 0) is 22.4 Å². The van der Waals surface area contributed by atoms with Crippen molar-refractivity contribution in [3.63, 3.8) is 0 Å². The molecule has 2 aromatic rings. The highest BCUT2D eigenvalue weighted by Gasteiger charge is 2.31. The van der Waals surface area contributed by atoms with Crippen molar-refractivity contribution in [2.75, 3.05) is 6.61 Å². The molecule has 1 aromatic heterocycles. The largest absolute Gasteiger partial charge is 0.476 e. The first-order valence-corrected chi connectivity index (χ1v) is 8.73. The Morgan fingerprint density at radius 1 is 1.27 bits per heavy atom. The molecule has 22 heavy (non-hydrogen) atoms. The zero-order valence-electron chi connectivity index (χ0n) is 13.4. The molecule has 0 spiro atoms. The van der Waals surface area contributed by atoms with Crippen molar-refractivity contribution in [1.29, 1.82) is 0 Å². The zero-order chi connectivity index (χ0) is 15.7. The van der Waals surface area contributed by atoms with Crippen LogP contribution >= 0.6 is 11.3 Å². The predicted molar refractivity (Wildman–Crippen MR) is 89.8 cm³/mol. The summed E-state index contributed by atoms with van der Waals surface area (Å²) in [6, 6.07) is 6.14. The SMILES string of the molecule is CCOC(=O)C(C)(C)Oc1ccc2sc3c(c2c1)CCCC3. The normalized spacial score (nSPS) is 14.7. The van der Waals surface area contributed by atoms with Gasteiger partial charge in [0.2, 0.25) is 0 Å². The summed E-state index contributed by atoms with van der Waals surface area (Å²) < 4.78 is 12.3. The van der Waals surface area contributed by atoms with Crippen LogP contribution in [0.2, 0.25) is 0 Å². The minimum atomic E-state index is -0.972. The number of esters is 1. The highest BCUT2D eigenvalue weighted by molar-refractivity contribution is 7.19. The van der Waals surface area contributed by atoms with Crippen molar-refractivity contribution >= 4 is 27.4 Å². The van der Waals surface area contributed by atoms with Gasteiger partial charge in [0.25, 0.3) is 0 Å². The van der Waals surface area contributed by atoms with Crippen LogP contribution in [0.1, 0.15) is 44.1 Å². The van der Waals surface area contributed by atoms with E-state index < -0.39 is 5.60 Å². The molecule has 0 aliphatic heterocycles. The van der Waals surface area contributed by atoms with Crippen molar-refractivity contribution in [2.24, 2.45) is 0 Å². The van der Waals surface area contributed by atoms with E-state index in [1.807, 2.05) is 17.4 Å². The third-order valence-electron chi connectivity index (χ3n) is 4.07. The van der Waals surface area contributed by atoms with Crippen LogP contribution in [0.25, 0.3) is 10.1 Å². The van der Waals surface area contributed by atoms with Crippen molar-refractivity contribution in [3.05, 3.63) is 28.6 Å². The Morgan fingerprint density at radius 2 is 2.05 bits per heavy atom. The first-order valence-electron chi connectivity index (χ1n) is 7.92. The molecule has 0 unspecified atom stereocenters. The number of ether oxygens (including phenoxy) is 2. The van der Waals surface area contributed by atoms with Gasteiger partial charge in [0.15, 0.2) is 5.60 Å². The maximum Gasteiger partial charge on any atom is 0.349 e. The summed E-state index contributed by atoms with van der Waals surface area (Å²) in [6.45, 7) is 5.66. The van der Waals surface area contributed by atoms with Gasteiger partial charge in [0.1, 0.15) is 5.75 Å². The predicted octanol–water partition coefficient (Wildman–Crippen LogP) is 4.50. The first-order chi connectivity index (χ1) is 10.5. The van der Waals surface area contributed by atoms with E-state index in [0.717, 1.165) is 12.2 Å². The molecule has 0 atom stereocenters. The van der Waals surface area contributed by atoms with Gasteiger partial charge in [-0.15, -0.1) is 11.3 Å². The highest BCUT2D eigenvalue weighted by atomic mass is 32.1. The topological polar surface area (TPSA) is 35.5 Å². The second kappa shape index (κ2) is 5.92. The quantitative estimate of drug-likeness (QED) is 0.779. The van der Waals surface area contributed by atoms with E-state index in [4.69, 9.17) is 9.47 Å². The number of fused-ring (bicyclic) bond motifs is 3. The lowest BCUT2D eigenvalue weighted by atomic mass is 9.96. The summed E-state index contributed by atoms with van der Waals surface area (Å²) in [5.74, 6) is 0.402. The molecular formula is C18H22O3S. The second-order valence-electron chi connectivity index (χ2n) is 6.20. The summed E-state index contributed by atoms with van der Waals surface area (Å²) in [4.78, 5) is 13.5. The van der Waals surface area contributed by atoms with E-state index in [1.165, 1.54) is 39.8 Å². The maximum absolute atomic E-state index is 12.0. The monoisotopic (exact) mass is 318 g/mol. The van der Waals surface area contributed by atoms with E-state index in [1.54, 1.807) is 20.8 Å². The molecule has 1 aromatic carbocycles. The van der Waals surface area contributed by atoms with Gasteiger partial charge in [-0.3, -0.25) is 0 Å². The van der Waals surface area contributed by atoms with E-state index in [0.29, 0.717) is 6.61 Å². The Bertz CT molecular complexity index is 700. The molecule has 4 heteroatoms. The number of hydrogen-bond acceptors (Lipinski definition) is 4. The van der Waals surface area contributed by atoms with Gasteiger partial charge < -0.3 is 9.47 Å². The Kier molecular flexibility index (Phi) is 4.13. The number of hydrogen-bond donors (Lipinski definition) is 0. The standard InChI is InChI=1S/C18H22O3S/c1-4-20-17(19)18(2,3)21-12-9-10-16-14(11-12)13-7-5-6-8-15(13)22-16/h9-11H,4-8H2,1-3H3. The molecule has 0 saturated heterocycles. The molecule has 0 radical (unpaired) electrons. The molecule has 0 N–H and O–H groups in total. The average molecular weight is 318 g/mol. The molecule has 118 valence electrons. The second-order valence-corrected chi connectivity index (χ2v) is 7.34. The number of aryl methyl sites for hydroxylation is 2. The number of thiophene rings is 1. The first kappa shape index (κ1) is 15.3. The third-order valence-corrected chi connectivity index (χ3v) is 5.34. The molecule has 0 bridgehead atoms. The summed E-state index contributed by atoms with van der Waals surface area (Å²) in [6.07, 6.45) is 4.90. The fraction of sp³-hybridized carbons (Fsp3) is 0.500. The van der Waals surface area contributed by atoms with Gasteiger partial charge in [0, 0.05) is 9.58 Å². The summed E-state index contributed by atoms with van der Waals surface area (Å²) in [5, 5.41) is 1.29. The molecule has 1 aliphatic rings. The van der Waals surface area contributed by atoms with Crippen LogP contribution in [0, 0.1) is 0 Å². The lowest BCUT2D eigenvalue weighted by Gasteiger charge is -2.24. The maximum atomic E-state index is 12.0. The number of rotatable bonds is 4. The van der Waals surface area contributed by atoms with Crippen molar-refractivity contribution < 1.29 is 14.3 Å². The van der Waals surface area contributed by atoms with Crippen molar-refractivity contribution in [2.45, 2.75) is 52.1 Å². The van der Waals surface area contributed by atoms with Gasteiger partial charge in [-0.1, -0.05) is 0 Å². The van der Waals surface area contributed by atoms with Crippen LogP contribution in [0.15, 0.2) is 18.2 Å². The Labute approximate surface area is 135 Å². The molecule has 3 rings (SSSR count). The van der Waals surface area contributed by atoms with Crippen LogP contribution in [0.4, 0.5) is 0 Å². The zero-order valence-corrected chi connectivity index (χ0v) is 14.2. The average Bonchev–Trinajstić information content (AvgIpc) is 2.85. The number of carbonyl (C=O) groups is 1. The minimum absolute atomic E-state index is 0.331. The fourth-order valence-electron chi connectivity index (χ4n) is 2.95. The Hall–Kier alpha value is -1.55. The van der Waals surface area contributed by atoms with Crippen LogP contribution < -0.4 is 4.74 Å². The van der Waals surface area contributed by atoms with E-state index >= 15 is 0 Å². The van der Waals surface area contributed by atoms with Gasteiger partial charge in [-0.25, -0.2) is 4.79 Å². The van der Waals surface area contributed by atoms with Gasteiger partial charge in [0.05, 0.1) is 6.61 Å². The molecular weight excluding hydrogens is 296 g/mol. The smallest absolute Gasteiger partial charge is 0.349 e. The third kappa shape index (κ3) is 2.84. The number of benzene rings is 1. The van der Waals surface area contributed by atoms with Crippen molar-refractivity contribution in [1.82, 2.24) is 0 Å². The molecule has 0 saturated carbocycles. The summed E-state index contributed by atoms with van der Waals surface area (Å²) in [7, 11) is 0. The Balaban J connectivity index is 1.90. The van der Waals surface area contributed by atoms with E-state index in [-0.39, 0.29) is 5.97 Å². The fourth-order valence-corrected chi connectivity index (χ4v) is 4.22. The van der Waals surface area contributed by atoms with Crippen LogP contribution in [0.3, 0.4) is 0 Å². The molecule has 0 amide bonds. The molecule has 1 aliphatic carbocycles. The lowest BCUT2D eigenvalue weighted by molar-refractivity contribution is -0.158. The lowest BCUT2D eigenvalue weighted by Crippen LogP contribution is -2.39.